The Morgan fingerprint density at radius 2 is 2.19 bits per heavy atom. The maximum Gasteiger partial charge on any atom is 0.260 e. The SMILES string of the molecule is CN(C(=O)COc1ccc(Cl)cc1Br)C1CCCCC1O. The van der Waals surface area contributed by atoms with Crippen molar-refractivity contribution in [1.29, 1.82) is 0 Å². The predicted octanol–water partition coefficient (Wildman–Crippen LogP) is 3.24. The number of rotatable bonds is 4. The van der Waals surface area contributed by atoms with E-state index in [-0.39, 0.29) is 18.6 Å². The third-order valence-corrected chi connectivity index (χ3v) is 4.68. The number of likely N-dealkylation sites (N-methyl/N-ethyl adjacent to an activating group) is 1. The van der Waals surface area contributed by atoms with Gasteiger partial charge in [-0.1, -0.05) is 24.4 Å². The molecule has 1 N–H and O–H groups in total. The molecule has 1 aliphatic rings. The molecule has 1 aliphatic carbocycles. The number of ether oxygens (including phenoxy) is 1. The van der Waals surface area contributed by atoms with E-state index < -0.39 is 6.10 Å². The van der Waals surface area contributed by atoms with Gasteiger partial charge in [-0.3, -0.25) is 4.79 Å². The molecule has 0 aliphatic heterocycles. The molecule has 0 aromatic heterocycles. The first-order valence-corrected chi connectivity index (χ1v) is 8.17. The molecule has 116 valence electrons. The molecular formula is C15H19BrClNO3. The minimum atomic E-state index is -0.435. The molecule has 0 saturated heterocycles. The van der Waals surface area contributed by atoms with Crippen LogP contribution in [0.4, 0.5) is 0 Å². The van der Waals surface area contributed by atoms with Crippen LogP contribution < -0.4 is 4.74 Å². The van der Waals surface area contributed by atoms with Gasteiger partial charge in [0.2, 0.25) is 0 Å². The van der Waals surface area contributed by atoms with Gasteiger partial charge < -0.3 is 14.7 Å². The van der Waals surface area contributed by atoms with E-state index in [0.29, 0.717) is 15.2 Å². The Hall–Kier alpha value is -0.780. The lowest BCUT2D eigenvalue weighted by molar-refractivity contribution is -0.137. The standard InChI is InChI=1S/C15H19BrClNO3/c1-18(12-4-2-3-5-13(12)19)15(20)9-21-14-7-6-10(17)8-11(14)16/h6-8,12-13,19H,2-5,9H2,1H3. The van der Waals surface area contributed by atoms with Crippen molar-refractivity contribution in [3.8, 4) is 5.75 Å². The molecule has 2 atom stereocenters. The molecule has 1 aromatic rings. The van der Waals surface area contributed by atoms with E-state index in [2.05, 4.69) is 15.9 Å². The summed E-state index contributed by atoms with van der Waals surface area (Å²) < 4.78 is 6.23. The van der Waals surface area contributed by atoms with Crippen LogP contribution in [0.2, 0.25) is 5.02 Å². The predicted molar refractivity (Wildman–Crippen MR) is 85.7 cm³/mol. The lowest BCUT2D eigenvalue weighted by atomic mass is 9.91. The summed E-state index contributed by atoms with van der Waals surface area (Å²) in [6.07, 6.45) is 3.23. The molecule has 2 unspecified atom stereocenters. The Morgan fingerprint density at radius 3 is 2.86 bits per heavy atom. The fourth-order valence-electron chi connectivity index (χ4n) is 2.56. The van der Waals surface area contributed by atoms with E-state index in [9.17, 15) is 9.90 Å². The van der Waals surface area contributed by atoms with Crippen molar-refractivity contribution < 1.29 is 14.6 Å². The highest BCUT2D eigenvalue weighted by Gasteiger charge is 2.29. The molecule has 0 radical (unpaired) electrons. The van der Waals surface area contributed by atoms with Gasteiger partial charge in [-0.25, -0.2) is 0 Å². The molecule has 0 heterocycles. The average Bonchev–Trinajstić information content (AvgIpc) is 2.46. The normalized spacial score (nSPS) is 21.9. The van der Waals surface area contributed by atoms with Gasteiger partial charge >= 0.3 is 0 Å². The minimum absolute atomic E-state index is 0.0556. The zero-order chi connectivity index (χ0) is 15.4. The zero-order valence-electron chi connectivity index (χ0n) is 11.9. The first-order chi connectivity index (χ1) is 9.99. The summed E-state index contributed by atoms with van der Waals surface area (Å²) in [5, 5.41) is 10.6. The monoisotopic (exact) mass is 375 g/mol. The molecule has 0 spiro atoms. The fraction of sp³-hybridized carbons (Fsp3) is 0.533. The maximum absolute atomic E-state index is 12.2. The second-order valence-corrected chi connectivity index (χ2v) is 6.58. The molecule has 0 bridgehead atoms. The van der Waals surface area contributed by atoms with Crippen LogP contribution in [-0.2, 0) is 4.79 Å². The maximum atomic E-state index is 12.2. The van der Waals surface area contributed by atoms with Crippen molar-refractivity contribution in [3.05, 3.63) is 27.7 Å². The van der Waals surface area contributed by atoms with Gasteiger partial charge in [0, 0.05) is 12.1 Å². The van der Waals surface area contributed by atoms with E-state index in [1.54, 1.807) is 30.1 Å². The Morgan fingerprint density at radius 1 is 1.48 bits per heavy atom. The highest BCUT2D eigenvalue weighted by molar-refractivity contribution is 9.10. The van der Waals surface area contributed by atoms with Crippen LogP contribution >= 0.6 is 27.5 Å². The summed E-state index contributed by atoms with van der Waals surface area (Å²) in [5.41, 5.74) is 0. The number of nitrogens with zero attached hydrogens (tertiary/aromatic N) is 1. The number of carbonyl (C=O) groups excluding carboxylic acids is 1. The number of aliphatic hydroxyl groups is 1. The number of benzene rings is 1. The Bertz CT molecular complexity index is 512. The Balaban J connectivity index is 1.91. The summed E-state index contributed by atoms with van der Waals surface area (Å²) in [5.74, 6) is 0.438. The van der Waals surface area contributed by atoms with Crippen molar-refractivity contribution in [2.75, 3.05) is 13.7 Å². The van der Waals surface area contributed by atoms with Gasteiger partial charge in [-0.15, -0.1) is 0 Å². The number of halogens is 2. The number of carbonyl (C=O) groups is 1. The van der Waals surface area contributed by atoms with Crippen molar-refractivity contribution in [2.45, 2.75) is 37.8 Å². The first-order valence-electron chi connectivity index (χ1n) is 7.00. The van der Waals surface area contributed by atoms with Crippen LogP contribution in [0.5, 0.6) is 5.75 Å². The van der Waals surface area contributed by atoms with Crippen molar-refractivity contribution in [3.63, 3.8) is 0 Å². The van der Waals surface area contributed by atoms with Crippen LogP contribution in [-0.4, -0.2) is 41.7 Å². The number of hydrogen-bond donors (Lipinski definition) is 1. The van der Waals surface area contributed by atoms with Crippen LogP contribution in [0.15, 0.2) is 22.7 Å². The molecule has 1 aromatic carbocycles. The summed E-state index contributed by atoms with van der Waals surface area (Å²) in [6, 6.07) is 5.04. The lowest BCUT2D eigenvalue weighted by Gasteiger charge is -2.35. The van der Waals surface area contributed by atoms with Gasteiger partial charge in [0.1, 0.15) is 5.75 Å². The number of aliphatic hydroxyl groups excluding tert-OH is 1. The summed E-state index contributed by atoms with van der Waals surface area (Å²) in [4.78, 5) is 13.8. The van der Waals surface area contributed by atoms with Crippen molar-refractivity contribution in [1.82, 2.24) is 4.90 Å². The van der Waals surface area contributed by atoms with E-state index in [0.717, 1.165) is 25.7 Å². The summed E-state index contributed by atoms with van der Waals surface area (Å²) in [7, 11) is 1.72. The highest BCUT2D eigenvalue weighted by Crippen LogP contribution is 2.28. The quantitative estimate of drug-likeness (QED) is 0.877. The third-order valence-electron chi connectivity index (χ3n) is 3.83. The Kier molecular flexibility index (Phi) is 5.90. The third kappa shape index (κ3) is 4.34. The fourth-order valence-corrected chi connectivity index (χ4v) is 3.36. The molecule has 21 heavy (non-hydrogen) atoms. The Labute approximate surface area is 138 Å². The summed E-state index contributed by atoms with van der Waals surface area (Å²) >= 11 is 9.21. The topological polar surface area (TPSA) is 49.8 Å². The zero-order valence-corrected chi connectivity index (χ0v) is 14.2. The van der Waals surface area contributed by atoms with Gasteiger partial charge in [0.05, 0.1) is 16.6 Å². The molecule has 4 nitrogen and oxygen atoms in total. The van der Waals surface area contributed by atoms with E-state index in [4.69, 9.17) is 16.3 Å². The molecule has 2 rings (SSSR count). The summed E-state index contributed by atoms with van der Waals surface area (Å²) in [6.45, 7) is -0.0556. The smallest absolute Gasteiger partial charge is 0.260 e. The van der Waals surface area contributed by atoms with Gasteiger partial charge in [-0.05, 0) is 47.0 Å². The van der Waals surface area contributed by atoms with Gasteiger partial charge in [0.25, 0.3) is 5.91 Å². The van der Waals surface area contributed by atoms with Crippen LogP contribution in [0.3, 0.4) is 0 Å². The van der Waals surface area contributed by atoms with Crippen molar-refractivity contribution >= 4 is 33.4 Å². The minimum Gasteiger partial charge on any atom is -0.483 e. The van der Waals surface area contributed by atoms with Gasteiger partial charge in [-0.2, -0.15) is 0 Å². The first kappa shape index (κ1) is 16.6. The molecule has 1 amide bonds. The van der Waals surface area contributed by atoms with E-state index in [1.165, 1.54) is 0 Å². The lowest BCUT2D eigenvalue weighted by Crippen LogP contribution is -2.47. The van der Waals surface area contributed by atoms with Crippen LogP contribution in [0.25, 0.3) is 0 Å². The molecular weight excluding hydrogens is 358 g/mol. The van der Waals surface area contributed by atoms with Crippen LogP contribution in [0, 0.1) is 0 Å². The molecule has 1 fully saturated rings. The van der Waals surface area contributed by atoms with Crippen LogP contribution in [0.1, 0.15) is 25.7 Å². The molecule has 1 saturated carbocycles. The number of hydrogen-bond acceptors (Lipinski definition) is 3. The average molecular weight is 377 g/mol. The molecule has 6 heteroatoms. The largest absolute Gasteiger partial charge is 0.483 e. The second-order valence-electron chi connectivity index (χ2n) is 5.29. The van der Waals surface area contributed by atoms with E-state index in [1.807, 2.05) is 0 Å². The highest BCUT2D eigenvalue weighted by atomic mass is 79.9. The number of amides is 1. The van der Waals surface area contributed by atoms with Gasteiger partial charge in [0.15, 0.2) is 6.61 Å². The second kappa shape index (κ2) is 7.47. The van der Waals surface area contributed by atoms with Crippen molar-refractivity contribution in [2.24, 2.45) is 0 Å². The van der Waals surface area contributed by atoms with E-state index >= 15 is 0 Å².